The first-order chi connectivity index (χ1) is 9.24. The fourth-order valence-electron chi connectivity index (χ4n) is 1.82. The van der Waals surface area contributed by atoms with E-state index in [4.69, 9.17) is 10.5 Å². The molecular formula is C15H19NOS2. The molecule has 2 aromatic rings. The molecule has 0 bridgehead atoms. The van der Waals surface area contributed by atoms with Gasteiger partial charge in [-0.3, -0.25) is 0 Å². The van der Waals surface area contributed by atoms with Crippen LogP contribution in [0.2, 0.25) is 0 Å². The zero-order valence-electron chi connectivity index (χ0n) is 11.2. The second kappa shape index (κ2) is 6.98. The van der Waals surface area contributed by atoms with Crippen LogP contribution in [0.5, 0.6) is 5.75 Å². The Balaban J connectivity index is 2.15. The lowest BCUT2D eigenvalue weighted by Gasteiger charge is -2.21. The molecule has 2 nitrogen and oxygen atoms in total. The van der Waals surface area contributed by atoms with Crippen molar-refractivity contribution in [1.29, 1.82) is 0 Å². The smallest absolute Gasteiger partial charge is 0.118 e. The van der Waals surface area contributed by atoms with Crippen LogP contribution in [0.3, 0.4) is 0 Å². The zero-order chi connectivity index (χ0) is 13.7. The second-order valence-corrected chi connectivity index (χ2v) is 6.50. The predicted molar refractivity (Wildman–Crippen MR) is 84.2 cm³/mol. The van der Waals surface area contributed by atoms with Gasteiger partial charge >= 0.3 is 0 Å². The van der Waals surface area contributed by atoms with Crippen LogP contribution in [0, 0.1) is 0 Å². The maximum atomic E-state index is 6.27. The molecule has 0 aliphatic carbocycles. The van der Waals surface area contributed by atoms with Crippen LogP contribution in [0.1, 0.15) is 23.5 Å². The average molecular weight is 293 g/mol. The Morgan fingerprint density at radius 3 is 2.53 bits per heavy atom. The summed E-state index contributed by atoms with van der Waals surface area (Å²) in [6.45, 7) is 2.14. The largest absolute Gasteiger partial charge is 0.497 e. The molecule has 0 radical (unpaired) electrons. The highest BCUT2D eigenvalue weighted by Gasteiger charge is 2.20. The number of hydrogen-bond donors (Lipinski definition) is 1. The highest BCUT2D eigenvalue weighted by Crippen LogP contribution is 2.40. The van der Waals surface area contributed by atoms with E-state index in [1.165, 1.54) is 9.77 Å². The fraction of sp³-hybridized carbons (Fsp3) is 0.333. The quantitative estimate of drug-likeness (QED) is 0.805. The lowest BCUT2D eigenvalue weighted by Crippen LogP contribution is -2.25. The van der Waals surface area contributed by atoms with Gasteiger partial charge in [0.15, 0.2) is 0 Å². The lowest BCUT2D eigenvalue weighted by molar-refractivity contribution is 0.414. The molecule has 1 heterocycles. The van der Waals surface area contributed by atoms with E-state index < -0.39 is 0 Å². The van der Waals surface area contributed by atoms with E-state index in [9.17, 15) is 0 Å². The molecule has 102 valence electrons. The summed E-state index contributed by atoms with van der Waals surface area (Å²) in [5, 5.41) is 2.43. The molecule has 0 saturated heterocycles. The minimum Gasteiger partial charge on any atom is -0.497 e. The Bertz CT molecular complexity index is 481. The van der Waals surface area contributed by atoms with Crippen LogP contribution < -0.4 is 10.5 Å². The van der Waals surface area contributed by atoms with Crippen LogP contribution in [-0.2, 0) is 0 Å². The number of nitrogens with two attached hydrogens (primary N) is 1. The highest BCUT2D eigenvalue weighted by atomic mass is 32.2. The number of thioether (sulfide) groups is 1. The summed E-state index contributed by atoms with van der Waals surface area (Å²) in [6.07, 6.45) is 0.978. The predicted octanol–water partition coefficient (Wildman–Crippen LogP) is 4.33. The zero-order valence-corrected chi connectivity index (χ0v) is 12.8. The lowest BCUT2D eigenvalue weighted by atomic mass is 10.1. The van der Waals surface area contributed by atoms with E-state index in [1.54, 1.807) is 18.4 Å². The second-order valence-electron chi connectivity index (χ2n) is 4.30. The molecule has 19 heavy (non-hydrogen) atoms. The summed E-state index contributed by atoms with van der Waals surface area (Å²) < 4.78 is 5.18. The van der Waals surface area contributed by atoms with Crippen molar-refractivity contribution in [1.82, 2.24) is 0 Å². The van der Waals surface area contributed by atoms with E-state index in [0.717, 1.165) is 12.2 Å². The molecule has 0 amide bonds. The molecule has 1 aromatic heterocycles. The van der Waals surface area contributed by atoms with E-state index in [-0.39, 0.29) is 6.04 Å². The average Bonchev–Trinajstić information content (AvgIpc) is 2.98. The van der Waals surface area contributed by atoms with E-state index in [0.29, 0.717) is 5.25 Å². The van der Waals surface area contributed by atoms with Crippen LogP contribution in [-0.4, -0.2) is 13.2 Å². The van der Waals surface area contributed by atoms with Gasteiger partial charge in [0.1, 0.15) is 5.75 Å². The number of hydrogen-bond acceptors (Lipinski definition) is 4. The van der Waals surface area contributed by atoms with E-state index in [1.807, 2.05) is 23.9 Å². The van der Waals surface area contributed by atoms with Gasteiger partial charge in [0.25, 0.3) is 0 Å². The molecule has 0 aliphatic rings. The maximum Gasteiger partial charge on any atom is 0.118 e. The molecule has 2 rings (SSSR count). The molecule has 2 atom stereocenters. The molecule has 2 N–H and O–H groups in total. The Morgan fingerprint density at radius 2 is 2.00 bits per heavy atom. The van der Waals surface area contributed by atoms with Crippen molar-refractivity contribution >= 4 is 23.1 Å². The number of benzene rings is 1. The van der Waals surface area contributed by atoms with Gasteiger partial charge in [-0.05, 0) is 42.1 Å². The molecule has 4 heteroatoms. The summed E-state index contributed by atoms with van der Waals surface area (Å²) in [5.74, 6) is 0.886. The highest BCUT2D eigenvalue weighted by molar-refractivity contribution is 7.99. The molecule has 0 spiro atoms. The van der Waals surface area contributed by atoms with E-state index >= 15 is 0 Å². The van der Waals surface area contributed by atoms with Gasteiger partial charge < -0.3 is 10.5 Å². The Labute approximate surface area is 123 Å². The summed E-state index contributed by atoms with van der Waals surface area (Å²) in [7, 11) is 1.68. The molecule has 0 fully saturated rings. The monoisotopic (exact) mass is 293 g/mol. The molecule has 0 aliphatic heterocycles. The number of methoxy groups -OCH3 is 1. The topological polar surface area (TPSA) is 35.2 Å². The van der Waals surface area contributed by atoms with Crippen molar-refractivity contribution < 1.29 is 4.74 Å². The maximum absolute atomic E-state index is 6.27. The van der Waals surface area contributed by atoms with E-state index in [2.05, 4.69) is 36.6 Å². The van der Waals surface area contributed by atoms with Crippen molar-refractivity contribution in [2.24, 2.45) is 5.73 Å². The van der Waals surface area contributed by atoms with Crippen molar-refractivity contribution in [2.75, 3.05) is 7.11 Å². The molecule has 2 unspecified atom stereocenters. The molecule has 0 saturated carbocycles. The summed E-state index contributed by atoms with van der Waals surface area (Å²) in [4.78, 5) is 2.57. The van der Waals surface area contributed by atoms with Crippen molar-refractivity contribution in [3.63, 3.8) is 0 Å². The van der Waals surface area contributed by atoms with Crippen molar-refractivity contribution in [3.05, 3.63) is 46.7 Å². The third kappa shape index (κ3) is 3.75. The summed E-state index contributed by atoms with van der Waals surface area (Å²) in [6, 6.07) is 12.6. The Kier molecular flexibility index (Phi) is 5.31. The van der Waals surface area contributed by atoms with Gasteiger partial charge in [-0.25, -0.2) is 0 Å². The standard InChI is InChI=1S/C15H19NOS2/c1-3-13(16)15(14-5-4-10-18-14)19-12-8-6-11(17-2)7-9-12/h4-10,13,15H,3,16H2,1-2H3. The normalized spacial score (nSPS) is 14.1. The van der Waals surface area contributed by atoms with Crippen LogP contribution in [0.25, 0.3) is 0 Å². The van der Waals surface area contributed by atoms with Gasteiger partial charge in [0, 0.05) is 15.8 Å². The van der Waals surface area contributed by atoms with Crippen LogP contribution in [0.15, 0.2) is 46.7 Å². The third-order valence-corrected chi connectivity index (χ3v) is 5.51. The van der Waals surface area contributed by atoms with Gasteiger partial charge in [-0.1, -0.05) is 13.0 Å². The van der Waals surface area contributed by atoms with Crippen molar-refractivity contribution in [3.8, 4) is 5.75 Å². The SMILES string of the molecule is CCC(N)C(Sc1ccc(OC)cc1)c1cccs1. The number of thiophene rings is 1. The first kappa shape index (κ1) is 14.4. The number of ether oxygens (including phenoxy) is 1. The number of rotatable bonds is 6. The fourth-order valence-corrected chi connectivity index (χ4v) is 4.06. The van der Waals surface area contributed by atoms with Crippen LogP contribution in [0.4, 0.5) is 0 Å². The minimum atomic E-state index is 0.172. The molecular weight excluding hydrogens is 274 g/mol. The Hall–Kier alpha value is -0.970. The van der Waals surface area contributed by atoms with Gasteiger partial charge in [0.2, 0.25) is 0 Å². The molecule has 1 aromatic carbocycles. The van der Waals surface area contributed by atoms with Gasteiger partial charge in [0.05, 0.1) is 12.4 Å². The van der Waals surface area contributed by atoms with Gasteiger partial charge in [-0.15, -0.1) is 23.1 Å². The van der Waals surface area contributed by atoms with Crippen molar-refractivity contribution in [2.45, 2.75) is 29.5 Å². The first-order valence-corrected chi connectivity index (χ1v) is 8.10. The Morgan fingerprint density at radius 1 is 1.26 bits per heavy atom. The summed E-state index contributed by atoms with van der Waals surface area (Å²) >= 11 is 3.60. The van der Waals surface area contributed by atoms with Crippen LogP contribution >= 0.6 is 23.1 Å². The minimum absolute atomic E-state index is 0.172. The third-order valence-electron chi connectivity index (χ3n) is 3.01. The first-order valence-electron chi connectivity index (χ1n) is 6.34. The summed E-state index contributed by atoms with van der Waals surface area (Å²) in [5.41, 5.74) is 6.27. The van der Waals surface area contributed by atoms with Gasteiger partial charge in [-0.2, -0.15) is 0 Å².